The summed E-state index contributed by atoms with van der Waals surface area (Å²) >= 11 is 12.0. The Labute approximate surface area is 108 Å². The summed E-state index contributed by atoms with van der Waals surface area (Å²) in [5.41, 5.74) is 0. The largest absolute Gasteiger partial charge is 0.142 e. The molecule has 2 aromatic rings. The van der Waals surface area contributed by atoms with E-state index in [0.717, 1.165) is 10.2 Å². The first-order chi connectivity index (χ1) is 6.22. The minimum Gasteiger partial charge on any atom is -0.142 e. The Bertz CT molecular complexity index is 450. The van der Waals surface area contributed by atoms with Crippen LogP contribution >= 0.6 is 62.5 Å². The number of thiol groups is 1. The van der Waals surface area contributed by atoms with Gasteiger partial charge in [-0.1, -0.05) is 15.9 Å². The van der Waals surface area contributed by atoms with Gasteiger partial charge >= 0.3 is 0 Å². The van der Waals surface area contributed by atoms with E-state index in [0.29, 0.717) is 0 Å². The highest BCUT2D eigenvalue weighted by atomic mass is 127. The molecule has 68 valence electrons. The van der Waals surface area contributed by atoms with Crippen LogP contribution < -0.4 is 0 Å². The van der Waals surface area contributed by atoms with E-state index in [1.54, 1.807) is 0 Å². The van der Waals surface area contributed by atoms with Crippen molar-refractivity contribution in [3.05, 3.63) is 26.6 Å². The fraction of sp³-hybridized carbons (Fsp3) is 0.111. The SMILES string of the molecule is Sc1ccc2sc(CBr)cc2c1I. The molecule has 0 saturated carbocycles. The lowest BCUT2D eigenvalue weighted by atomic mass is 10.2. The fourth-order valence-electron chi connectivity index (χ4n) is 1.18. The van der Waals surface area contributed by atoms with Gasteiger partial charge in [-0.3, -0.25) is 0 Å². The van der Waals surface area contributed by atoms with Crippen LogP contribution in [-0.2, 0) is 5.33 Å². The molecule has 0 aliphatic rings. The Balaban J connectivity index is 2.76. The molecule has 4 heteroatoms. The van der Waals surface area contributed by atoms with Crippen LogP contribution in [-0.4, -0.2) is 0 Å². The van der Waals surface area contributed by atoms with Crippen molar-refractivity contribution in [2.75, 3.05) is 0 Å². The Kier molecular flexibility index (Phi) is 3.22. The quantitative estimate of drug-likeness (QED) is 0.411. The highest BCUT2D eigenvalue weighted by Crippen LogP contribution is 2.33. The zero-order valence-electron chi connectivity index (χ0n) is 6.55. The maximum Gasteiger partial charge on any atom is 0.0377 e. The molecule has 0 aliphatic heterocycles. The Morgan fingerprint density at radius 2 is 2.23 bits per heavy atom. The molecule has 0 amide bonds. The Morgan fingerprint density at radius 3 is 2.92 bits per heavy atom. The number of halogens is 2. The van der Waals surface area contributed by atoms with Gasteiger partial charge in [0.05, 0.1) is 0 Å². The summed E-state index contributed by atoms with van der Waals surface area (Å²) in [6, 6.07) is 6.43. The van der Waals surface area contributed by atoms with Crippen molar-refractivity contribution < 1.29 is 0 Å². The van der Waals surface area contributed by atoms with Gasteiger partial charge in [0.2, 0.25) is 0 Å². The number of hydrogen-bond donors (Lipinski definition) is 1. The summed E-state index contributed by atoms with van der Waals surface area (Å²) in [5, 5.41) is 2.26. The van der Waals surface area contributed by atoms with Crippen LogP contribution in [0.1, 0.15) is 4.88 Å². The van der Waals surface area contributed by atoms with Crippen molar-refractivity contribution >= 4 is 72.6 Å². The molecule has 1 aromatic heterocycles. The van der Waals surface area contributed by atoms with Crippen LogP contribution in [0.2, 0.25) is 0 Å². The molecule has 0 bridgehead atoms. The second-order valence-corrected chi connectivity index (χ2v) is 5.95. The van der Waals surface area contributed by atoms with Crippen LogP contribution in [0.5, 0.6) is 0 Å². The number of hydrogen-bond acceptors (Lipinski definition) is 2. The first-order valence-electron chi connectivity index (χ1n) is 3.68. The third-order valence-electron chi connectivity index (χ3n) is 1.80. The van der Waals surface area contributed by atoms with Gasteiger partial charge in [-0.25, -0.2) is 0 Å². The summed E-state index contributed by atoms with van der Waals surface area (Å²) in [6.07, 6.45) is 0. The van der Waals surface area contributed by atoms with E-state index in [9.17, 15) is 0 Å². The molecular formula is C9H6BrIS2. The summed E-state index contributed by atoms with van der Waals surface area (Å²) in [5.74, 6) is 0. The molecule has 0 saturated heterocycles. The average molecular weight is 385 g/mol. The lowest BCUT2D eigenvalue weighted by Gasteiger charge is -1.96. The van der Waals surface area contributed by atoms with Gasteiger partial charge in [-0.05, 0) is 40.8 Å². The molecule has 1 aromatic carbocycles. The van der Waals surface area contributed by atoms with Crippen LogP contribution in [0.25, 0.3) is 10.1 Å². The molecule has 0 atom stereocenters. The first kappa shape index (κ1) is 10.3. The second kappa shape index (κ2) is 4.08. The first-order valence-corrected chi connectivity index (χ1v) is 7.14. The van der Waals surface area contributed by atoms with Gasteiger partial charge in [0, 0.05) is 28.8 Å². The fourth-order valence-corrected chi connectivity index (χ4v) is 3.61. The molecule has 0 fully saturated rings. The number of benzene rings is 1. The maximum atomic E-state index is 4.40. The van der Waals surface area contributed by atoms with E-state index in [-0.39, 0.29) is 0 Å². The predicted molar refractivity (Wildman–Crippen MR) is 74.4 cm³/mol. The zero-order chi connectivity index (χ0) is 9.42. The molecular weight excluding hydrogens is 379 g/mol. The maximum absolute atomic E-state index is 4.40. The third-order valence-corrected chi connectivity index (χ3v) is 5.83. The van der Waals surface area contributed by atoms with Crippen LogP contribution in [0.15, 0.2) is 23.1 Å². The molecule has 0 spiro atoms. The minimum absolute atomic E-state index is 0.935. The number of alkyl halides is 1. The second-order valence-electron chi connectivity index (χ2n) is 2.66. The highest BCUT2D eigenvalue weighted by molar-refractivity contribution is 14.1. The van der Waals surface area contributed by atoms with Gasteiger partial charge in [-0.2, -0.15) is 0 Å². The van der Waals surface area contributed by atoms with E-state index in [1.165, 1.54) is 18.5 Å². The Morgan fingerprint density at radius 1 is 1.46 bits per heavy atom. The lowest BCUT2D eigenvalue weighted by Crippen LogP contribution is -1.74. The van der Waals surface area contributed by atoms with Crippen molar-refractivity contribution in [1.29, 1.82) is 0 Å². The monoisotopic (exact) mass is 384 g/mol. The summed E-state index contributed by atoms with van der Waals surface area (Å²) in [6.45, 7) is 0. The molecule has 13 heavy (non-hydrogen) atoms. The summed E-state index contributed by atoms with van der Waals surface area (Å²) in [7, 11) is 0. The smallest absolute Gasteiger partial charge is 0.0377 e. The van der Waals surface area contributed by atoms with Gasteiger partial charge in [0.1, 0.15) is 0 Å². The van der Waals surface area contributed by atoms with E-state index < -0.39 is 0 Å². The minimum atomic E-state index is 0.935. The van der Waals surface area contributed by atoms with Gasteiger partial charge in [0.15, 0.2) is 0 Å². The summed E-state index contributed by atoms with van der Waals surface area (Å²) in [4.78, 5) is 2.43. The van der Waals surface area contributed by atoms with Crippen LogP contribution in [0.4, 0.5) is 0 Å². The number of thiophene rings is 1. The molecule has 0 aliphatic carbocycles. The van der Waals surface area contributed by atoms with Crippen molar-refractivity contribution in [3.63, 3.8) is 0 Å². The predicted octanol–water partition coefficient (Wildman–Crippen LogP) is 4.69. The Hall–Kier alpha value is 0.740. The molecule has 2 rings (SSSR count). The molecule has 0 radical (unpaired) electrons. The van der Waals surface area contributed by atoms with Gasteiger partial charge in [0.25, 0.3) is 0 Å². The van der Waals surface area contributed by atoms with E-state index >= 15 is 0 Å². The van der Waals surface area contributed by atoms with Crippen LogP contribution in [0, 0.1) is 3.57 Å². The summed E-state index contributed by atoms with van der Waals surface area (Å²) < 4.78 is 2.60. The highest BCUT2D eigenvalue weighted by Gasteiger charge is 2.05. The number of fused-ring (bicyclic) bond motifs is 1. The zero-order valence-corrected chi connectivity index (χ0v) is 12.0. The van der Waals surface area contributed by atoms with E-state index in [2.05, 4.69) is 69.3 Å². The third kappa shape index (κ3) is 1.91. The topological polar surface area (TPSA) is 0 Å². The average Bonchev–Trinajstić information content (AvgIpc) is 2.55. The number of rotatable bonds is 1. The van der Waals surface area contributed by atoms with Gasteiger partial charge < -0.3 is 0 Å². The van der Waals surface area contributed by atoms with Crippen molar-refractivity contribution in [3.8, 4) is 0 Å². The molecule has 0 unspecified atom stereocenters. The molecule has 0 nitrogen and oxygen atoms in total. The van der Waals surface area contributed by atoms with Crippen molar-refractivity contribution in [2.45, 2.75) is 10.2 Å². The van der Waals surface area contributed by atoms with Gasteiger partial charge in [-0.15, -0.1) is 24.0 Å². The van der Waals surface area contributed by atoms with E-state index in [1.807, 2.05) is 11.3 Å². The van der Waals surface area contributed by atoms with Crippen LogP contribution in [0.3, 0.4) is 0 Å². The van der Waals surface area contributed by atoms with Crippen molar-refractivity contribution in [1.82, 2.24) is 0 Å². The molecule has 0 N–H and O–H groups in total. The standard InChI is InChI=1S/C9H6BrIS2/c10-4-5-3-6-8(13-5)2-1-7(12)9(6)11/h1-3,12H,4H2. The lowest BCUT2D eigenvalue weighted by molar-refractivity contribution is 1.47. The van der Waals surface area contributed by atoms with E-state index in [4.69, 9.17) is 0 Å². The van der Waals surface area contributed by atoms with Crippen molar-refractivity contribution in [2.24, 2.45) is 0 Å². The molecule has 1 heterocycles. The normalized spacial score (nSPS) is 11.0.